The number of nitrogens with zero attached hydrogens (tertiary/aromatic N) is 1. The molecule has 7 heteroatoms. The lowest BCUT2D eigenvalue weighted by Crippen LogP contribution is -2.31. The smallest absolute Gasteiger partial charge is 0.370 e. The fourth-order valence-corrected chi connectivity index (χ4v) is 2.26. The highest BCUT2D eigenvalue weighted by atomic mass is 32.1. The molecule has 1 aromatic rings. The van der Waals surface area contributed by atoms with Crippen molar-refractivity contribution in [2.24, 2.45) is 5.73 Å². The molecule has 1 heterocycles. The summed E-state index contributed by atoms with van der Waals surface area (Å²) in [7, 11) is 0. The Bertz CT molecular complexity index is 345. The zero-order valence-electron chi connectivity index (χ0n) is 9.67. The van der Waals surface area contributed by atoms with Crippen LogP contribution in [0.3, 0.4) is 0 Å². The Hall–Kier alpha value is -0.660. The number of hydrogen-bond acceptors (Lipinski definition) is 4. The van der Waals surface area contributed by atoms with E-state index in [4.69, 9.17) is 5.73 Å². The lowest BCUT2D eigenvalue weighted by molar-refractivity contribution is -0.174. The molecule has 0 spiro atoms. The van der Waals surface area contributed by atoms with Gasteiger partial charge in [-0.25, -0.2) is 4.98 Å². The van der Waals surface area contributed by atoms with Crippen LogP contribution < -0.4 is 5.73 Å². The highest BCUT2D eigenvalue weighted by molar-refractivity contribution is 7.11. The lowest BCUT2D eigenvalue weighted by Gasteiger charge is -2.12. The Morgan fingerprint density at radius 1 is 1.41 bits per heavy atom. The minimum atomic E-state index is -4.30. The lowest BCUT2D eigenvalue weighted by atomic mass is 10.2. The third kappa shape index (κ3) is 5.47. The van der Waals surface area contributed by atoms with Gasteiger partial charge in [-0.05, 0) is 13.8 Å². The van der Waals surface area contributed by atoms with Gasteiger partial charge in [-0.15, -0.1) is 11.3 Å². The van der Waals surface area contributed by atoms with Gasteiger partial charge >= 0.3 is 6.18 Å². The number of halogens is 3. The van der Waals surface area contributed by atoms with Gasteiger partial charge < -0.3 is 10.5 Å². The molecule has 17 heavy (non-hydrogen) atoms. The fraction of sp³-hybridized carbons (Fsp3) is 0.700. The molecule has 0 amide bonds. The molecule has 1 rings (SSSR count). The van der Waals surface area contributed by atoms with Crippen molar-refractivity contribution in [2.45, 2.75) is 32.5 Å². The molecule has 0 bridgehead atoms. The summed E-state index contributed by atoms with van der Waals surface area (Å²) in [6, 6.07) is -0.456. The van der Waals surface area contributed by atoms with Crippen LogP contribution in [-0.4, -0.2) is 30.4 Å². The van der Waals surface area contributed by atoms with E-state index >= 15 is 0 Å². The topological polar surface area (TPSA) is 48.1 Å². The van der Waals surface area contributed by atoms with Gasteiger partial charge in [-0.1, -0.05) is 0 Å². The van der Waals surface area contributed by atoms with Crippen molar-refractivity contribution in [1.82, 2.24) is 4.98 Å². The minimum Gasteiger partial charge on any atom is -0.370 e. The van der Waals surface area contributed by atoms with Crippen LogP contribution in [0.1, 0.15) is 15.6 Å². The van der Waals surface area contributed by atoms with Gasteiger partial charge in [0.25, 0.3) is 0 Å². The molecule has 0 aliphatic heterocycles. The third-order valence-electron chi connectivity index (χ3n) is 2.11. The minimum absolute atomic E-state index is 0.114. The van der Waals surface area contributed by atoms with Gasteiger partial charge in [-0.2, -0.15) is 13.2 Å². The fourth-order valence-electron chi connectivity index (χ4n) is 1.24. The number of rotatable bonds is 5. The summed E-state index contributed by atoms with van der Waals surface area (Å²) >= 11 is 1.51. The van der Waals surface area contributed by atoms with Crippen molar-refractivity contribution < 1.29 is 17.9 Å². The molecule has 0 saturated heterocycles. The Morgan fingerprint density at radius 3 is 2.53 bits per heavy atom. The van der Waals surface area contributed by atoms with Crippen LogP contribution in [0.5, 0.6) is 0 Å². The molecule has 0 fully saturated rings. The predicted octanol–water partition coefficient (Wildman–Crippen LogP) is 2.21. The molecule has 3 nitrogen and oxygen atoms in total. The summed E-state index contributed by atoms with van der Waals surface area (Å²) in [4.78, 5) is 5.37. The maximum Gasteiger partial charge on any atom is 0.411 e. The summed E-state index contributed by atoms with van der Waals surface area (Å²) in [5.41, 5.74) is 6.61. The SMILES string of the molecule is Cc1nc(CC(N)COCC(F)(F)F)sc1C. The molecule has 0 radical (unpaired) electrons. The van der Waals surface area contributed by atoms with E-state index in [-0.39, 0.29) is 6.61 Å². The first kappa shape index (κ1) is 14.4. The van der Waals surface area contributed by atoms with E-state index in [0.29, 0.717) is 6.42 Å². The van der Waals surface area contributed by atoms with E-state index in [0.717, 1.165) is 15.6 Å². The summed E-state index contributed by atoms with van der Waals surface area (Å²) in [6.07, 6.45) is -3.86. The van der Waals surface area contributed by atoms with Crippen molar-refractivity contribution in [2.75, 3.05) is 13.2 Å². The molecule has 1 aromatic heterocycles. The highest BCUT2D eigenvalue weighted by Gasteiger charge is 2.27. The molecule has 2 N–H and O–H groups in total. The Morgan fingerprint density at radius 2 is 2.06 bits per heavy atom. The third-order valence-corrected chi connectivity index (χ3v) is 3.20. The molecular formula is C10H15F3N2OS. The standard InChI is InChI=1S/C10H15F3N2OS/c1-6-7(2)17-9(15-6)3-8(14)4-16-5-10(11,12)13/h8H,3-5,14H2,1-2H3. The van der Waals surface area contributed by atoms with Gasteiger partial charge in [0.05, 0.1) is 17.3 Å². The number of alkyl halides is 3. The number of aryl methyl sites for hydroxylation is 2. The van der Waals surface area contributed by atoms with Crippen LogP contribution in [0.15, 0.2) is 0 Å². The van der Waals surface area contributed by atoms with Crippen molar-refractivity contribution in [1.29, 1.82) is 0 Å². The van der Waals surface area contributed by atoms with Crippen LogP contribution in [0.4, 0.5) is 13.2 Å². The van der Waals surface area contributed by atoms with Crippen LogP contribution in [0.2, 0.25) is 0 Å². The van der Waals surface area contributed by atoms with Crippen molar-refractivity contribution in [3.8, 4) is 0 Å². The second kappa shape index (κ2) is 5.79. The van der Waals surface area contributed by atoms with Crippen LogP contribution >= 0.6 is 11.3 Å². The summed E-state index contributed by atoms with van der Waals surface area (Å²) in [5, 5.41) is 0.836. The monoisotopic (exact) mass is 268 g/mol. The quantitative estimate of drug-likeness (QED) is 0.890. The second-order valence-corrected chi connectivity index (χ2v) is 5.13. The number of aromatic nitrogens is 1. The van der Waals surface area contributed by atoms with Crippen molar-refractivity contribution in [3.05, 3.63) is 15.6 Å². The molecule has 1 atom stereocenters. The second-order valence-electron chi connectivity index (χ2n) is 3.84. The molecule has 0 saturated carbocycles. The normalized spacial score (nSPS) is 14.0. The molecule has 98 valence electrons. The largest absolute Gasteiger partial charge is 0.411 e. The first-order valence-electron chi connectivity index (χ1n) is 5.11. The maximum atomic E-state index is 11.8. The van der Waals surface area contributed by atoms with Crippen LogP contribution in [-0.2, 0) is 11.2 Å². The average molecular weight is 268 g/mol. The van der Waals surface area contributed by atoms with E-state index in [1.807, 2.05) is 13.8 Å². The number of nitrogens with two attached hydrogens (primary N) is 1. The molecule has 0 aliphatic rings. The number of thiazole rings is 1. The molecule has 1 unspecified atom stereocenters. The van der Waals surface area contributed by atoms with Gasteiger partial charge in [0.2, 0.25) is 0 Å². The van der Waals surface area contributed by atoms with E-state index in [1.54, 1.807) is 0 Å². The summed E-state index contributed by atoms with van der Waals surface area (Å²) < 4.78 is 39.9. The Labute approximate surface area is 102 Å². The number of hydrogen-bond donors (Lipinski definition) is 1. The predicted molar refractivity (Wildman–Crippen MR) is 60.1 cm³/mol. The zero-order valence-corrected chi connectivity index (χ0v) is 10.5. The Balaban J connectivity index is 2.32. The van der Waals surface area contributed by atoms with E-state index in [9.17, 15) is 13.2 Å². The van der Waals surface area contributed by atoms with Gasteiger partial charge in [0.15, 0.2) is 0 Å². The summed E-state index contributed by atoms with van der Waals surface area (Å²) in [5.74, 6) is 0. The average Bonchev–Trinajstić information content (AvgIpc) is 2.43. The van der Waals surface area contributed by atoms with Gasteiger partial charge in [0, 0.05) is 17.3 Å². The van der Waals surface area contributed by atoms with E-state index in [2.05, 4.69) is 9.72 Å². The molecule has 0 aromatic carbocycles. The van der Waals surface area contributed by atoms with Gasteiger partial charge in [0.1, 0.15) is 6.61 Å². The van der Waals surface area contributed by atoms with Gasteiger partial charge in [-0.3, -0.25) is 0 Å². The Kier molecular flexibility index (Phi) is 4.91. The summed E-state index contributed by atoms with van der Waals surface area (Å²) in [6.45, 7) is 2.47. The maximum absolute atomic E-state index is 11.8. The first-order valence-corrected chi connectivity index (χ1v) is 5.92. The van der Waals surface area contributed by atoms with Crippen molar-refractivity contribution in [3.63, 3.8) is 0 Å². The van der Waals surface area contributed by atoms with Crippen LogP contribution in [0.25, 0.3) is 0 Å². The zero-order chi connectivity index (χ0) is 13.1. The first-order chi connectivity index (χ1) is 7.78. The van der Waals surface area contributed by atoms with E-state index < -0.39 is 18.8 Å². The van der Waals surface area contributed by atoms with Crippen LogP contribution in [0, 0.1) is 13.8 Å². The highest BCUT2D eigenvalue weighted by Crippen LogP contribution is 2.18. The number of ether oxygens (including phenoxy) is 1. The molecule has 0 aliphatic carbocycles. The molecular weight excluding hydrogens is 253 g/mol. The van der Waals surface area contributed by atoms with Crippen molar-refractivity contribution >= 4 is 11.3 Å². The van der Waals surface area contributed by atoms with E-state index in [1.165, 1.54) is 11.3 Å².